The minimum Gasteiger partial charge on any atom is -0.497 e. The van der Waals surface area contributed by atoms with Crippen LogP contribution in [0.4, 0.5) is 0 Å². The highest BCUT2D eigenvalue weighted by Crippen LogP contribution is 2.33. The van der Waals surface area contributed by atoms with Crippen molar-refractivity contribution in [2.75, 3.05) is 14.2 Å². The Balaban J connectivity index is 2.39. The van der Waals surface area contributed by atoms with Crippen molar-refractivity contribution >= 4 is 6.29 Å². The molecule has 21 heavy (non-hydrogen) atoms. The maximum atomic E-state index is 11.8. The molecule has 0 saturated heterocycles. The summed E-state index contributed by atoms with van der Waals surface area (Å²) in [6, 6.07) is 15.4. The molecule has 0 saturated carbocycles. The summed E-state index contributed by atoms with van der Waals surface area (Å²) in [6.45, 7) is 1.93. The summed E-state index contributed by atoms with van der Waals surface area (Å²) in [4.78, 5) is 11.8. The Labute approximate surface area is 125 Å². The standard InChI is InChI=1S/C18H20O3/c1-18(13-19,16-9-4-5-10-17(16)21-3)12-14-7-6-8-15(11-14)20-2/h4-11,13H,12H2,1-3H3. The van der Waals surface area contributed by atoms with E-state index in [1.165, 1.54) is 0 Å². The molecule has 2 rings (SSSR count). The zero-order valence-electron chi connectivity index (χ0n) is 12.6. The van der Waals surface area contributed by atoms with Gasteiger partial charge in [0.25, 0.3) is 0 Å². The van der Waals surface area contributed by atoms with Crippen molar-refractivity contribution in [2.45, 2.75) is 18.8 Å². The molecule has 1 atom stereocenters. The van der Waals surface area contributed by atoms with Crippen LogP contribution in [0, 0.1) is 0 Å². The van der Waals surface area contributed by atoms with Crippen LogP contribution in [0.3, 0.4) is 0 Å². The first-order chi connectivity index (χ1) is 10.1. The van der Waals surface area contributed by atoms with E-state index in [4.69, 9.17) is 9.47 Å². The lowest BCUT2D eigenvalue weighted by molar-refractivity contribution is -0.112. The SMILES string of the molecule is COc1cccc(CC(C)(C=O)c2ccccc2OC)c1. The van der Waals surface area contributed by atoms with Crippen LogP contribution in [0.5, 0.6) is 11.5 Å². The first-order valence-corrected chi connectivity index (χ1v) is 6.85. The van der Waals surface area contributed by atoms with Crippen LogP contribution >= 0.6 is 0 Å². The molecule has 0 aromatic heterocycles. The van der Waals surface area contributed by atoms with Gasteiger partial charge in [0.15, 0.2) is 0 Å². The zero-order chi connectivity index (χ0) is 15.3. The van der Waals surface area contributed by atoms with Crippen molar-refractivity contribution in [3.05, 3.63) is 59.7 Å². The zero-order valence-corrected chi connectivity index (χ0v) is 12.6. The minimum atomic E-state index is -0.640. The van der Waals surface area contributed by atoms with Gasteiger partial charge in [0.2, 0.25) is 0 Å². The van der Waals surface area contributed by atoms with E-state index in [0.29, 0.717) is 6.42 Å². The number of carbonyl (C=O) groups excluding carboxylic acids is 1. The topological polar surface area (TPSA) is 35.5 Å². The van der Waals surface area contributed by atoms with E-state index in [9.17, 15) is 4.79 Å². The average Bonchev–Trinajstić information content (AvgIpc) is 2.54. The molecule has 110 valence electrons. The molecule has 3 nitrogen and oxygen atoms in total. The molecule has 0 aliphatic heterocycles. The summed E-state index contributed by atoms with van der Waals surface area (Å²) in [5.74, 6) is 1.52. The fourth-order valence-corrected chi connectivity index (χ4v) is 2.52. The Morgan fingerprint density at radius 1 is 1.05 bits per heavy atom. The van der Waals surface area contributed by atoms with Crippen LogP contribution in [-0.2, 0) is 16.6 Å². The van der Waals surface area contributed by atoms with Crippen molar-refractivity contribution in [3.63, 3.8) is 0 Å². The minimum absolute atomic E-state index is 0.591. The molecule has 0 radical (unpaired) electrons. The predicted octanol–water partition coefficient (Wildman–Crippen LogP) is 3.40. The van der Waals surface area contributed by atoms with Crippen LogP contribution in [0.1, 0.15) is 18.1 Å². The Morgan fingerprint density at radius 2 is 1.81 bits per heavy atom. The van der Waals surface area contributed by atoms with Gasteiger partial charge in [-0.1, -0.05) is 30.3 Å². The summed E-state index contributed by atoms with van der Waals surface area (Å²) < 4.78 is 10.6. The van der Waals surface area contributed by atoms with E-state index < -0.39 is 5.41 Å². The van der Waals surface area contributed by atoms with Crippen LogP contribution in [0.2, 0.25) is 0 Å². The van der Waals surface area contributed by atoms with Gasteiger partial charge in [-0.2, -0.15) is 0 Å². The highest BCUT2D eigenvalue weighted by Gasteiger charge is 2.29. The number of rotatable bonds is 6. The third-order valence-corrected chi connectivity index (χ3v) is 3.69. The molecule has 0 spiro atoms. The van der Waals surface area contributed by atoms with Gasteiger partial charge in [0, 0.05) is 5.56 Å². The first-order valence-electron chi connectivity index (χ1n) is 6.85. The number of methoxy groups -OCH3 is 2. The van der Waals surface area contributed by atoms with Crippen LogP contribution < -0.4 is 9.47 Å². The highest BCUT2D eigenvalue weighted by molar-refractivity contribution is 5.70. The van der Waals surface area contributed by atoms with E-state index >= 15 is 0 Å². The Bertz CT molecular complexity index is 621. The fraction of sp³-hybridized carbons (Fsp3) is 0.278. The van der Waals surface area contributed by atoms with Crippen LogP contribution in [0.25, 0.3) is 0 Å². The first kappa shape index (κ1) is 15.1. The van der Waals surface area contributed by atoms with Crippen molar-refractivity contribution in [1.82, 2.24) is 0 Å². The Kier molecular flexibility index (Phi) is 4.63. The van der Waals surface area contributed by atoms with Crippen molar-refractivity contribution in [3.8, 4) is 11.5 Å². The molecule has 0 bridgehead atoms. The smallest absolute Gasteiger partial charge is 0.130 e. The summed E-state index contributed by atoms with van der Waals surface area (Å²) in [5, 5.41) is 0. The number of hydrogen-bond donors (Lipinski definition) is 0. The summed E-state index contributed by atoms with van der Waals surface area (Å²) >= 11 is 0. The molecule has 2 aromatic carbocycles. The third kappa shape index (κ3) is 3.24. The van der Waals surface area contributed by atoms with Gasteiger partial charge in [-0.05, 0) is 37.1 Å². The predicted molar refractivity (Wildman–Crippen MR) is 83.1 cm³/mol. The molecule has 0 fully saturated rings. The van der Waals surface area contributed by atoms with E-state index in [1.54, 1.807) is 14.2 Å². The largest absolute Gasteiger partial charge is 0.497 e. The molecule has 0 amide bonds. The molecule has 0 aliphatic carbocycles. The van der Waals surface area contributed by atoms with E-state index in [1.807, 2.05) is 55.5 Å². The van der Waals surface area contributed by atoms with Crippen molar-refractivity contribution in [2.24, 2.45) is 0 Å². The maximum absolute atomic E-state index is 11.8. The van der Waals surface area contributed by atoms with Crippen LogP contribution in [-0.4, -0.2) is 20.5 Å². The van der Waals surface area contributed by atoms with E-state index in [-0.39, 0.29) is 0 Å². The number of ether oxygens (including phenoxy) is 2. The lowest BCUT2D eigenvalue weighted by Gasteiger charge is -2.26. The second-order valence-electron chi connectivity index (χ2n) is 5.26. The van der Waals surface area contributed by atoms with Gasteiger partial charge in [-0.15, -0.1) is 0 Å². The number of benzene rings is 2. The Morgan fingerprint density at radius 3 is 2.48 bits per heavy atom. The molecule has 3 heteroatoms. The van der Waals surface area contributed by atoms with Crippen molar-refractivity contribution < 1.29 is 14.3 Å². The summed E-state index contributed by atoms with van der Waals surface area (Å²) in [6.07, 6.45) is 1.58. The summed E-state index contributed by atoms with van der Waals surface area (Å²) in [5.41, 5.74) is 1.30. The number of carbonyl (C=O) groups is 1. The quantitative estimate of drug-likeness (QED) is 0.763. The van der Waals surface area contributed by atoms with Gasteiger partial charge in [0.05, 0.1) is 19.6 Å². The van der Waals surface area contributed by atoms with Gasteiger partial charge >= 0.3 is 0 Å². The molecular formula is C18H20O3. The molecule has 1 unspecified atom stereocenters. The molecule has 2 aromatic rings. The van der Waals surface area contributed by atoms with Crippen molar-refractivity contribution in [1.29, 1.82) is 0 Å². The maximum Gasteiger partial charge on any atom is 0.130 e. The molecular weight excluding hydrogens is 264 g/mol. The van der Waals surface area contributed by atoms with E-state index in [0.717, 1.165) is 28.9 Å². The number of aldehydes is 1. The molecule has 0 aliphatic rings. The average molecular weight is 284 g/mol. The lowest BCUT2D eigenvalue weighted by atomic mass is 9.78. The van der Waals surface area contributed by atoms with Gasteiger partial charge in [-0.3, -0.25) is 0 Å². The third-order valence-electron chi connectivity index (χ3n) is 3.69. The fourth-order valence-electron chi connectivity index (χ4n) is 2.52. The van der Waals surface area contributed by atoms with Crippen LogP contribution in [0.15, 0.2) is 48.5 Å². The molecule has 0 N–H and O–H groups in total. The summed E-state index contributed by atoms with van der Waals surface area (Å²) in [7, 11) is 3.26. The number of hydrogen-bond acceptors (Lipinski definition) is 3. The normalized spacial score (nSPS) is 13.3. The van der Waals surface area contributed by atoms with E-state index in [2.05, 4.69) is 0 Å². The molecule has 0 heterocycles. The Hall–Kier alpha value is -2.29. The van der Waals surface area contributed by atoms with Gasteiger partial charge in [0.1, 0.15) is 17.8 Å². The number of para-hydroxylation sites is 1. The van der Waals surface area contributed by atoms with Gasteiger partial charge < -0.3 is 14.3 Å². The van der Waals surface area contributed by atoms with Gasteiger partial charge in [-0.25, -0.2) is 0 Å². The second-order valence-corrected chi connectivity index (χ2v) is 5.26. The second kappa shape index (κ2) is 6.44. The lowest BCUT2D eigenvalue weighted by Crippen LogP contribution is -2.27. The monoisotopic (exact) mass is 284 g/mol. The highest BCUT2D eigenvalue weighted by atomic mass is 16.5.